The van der Waals surface area contributed by atoms with Crippen molar-refractivity contribution in [2.45, 2.75) is 18.6 Å². The maximum Gasteiger partial charge on any atom is 0.106 e. The molecule has 0 spiro atoms. The van der Waals surface area contributed by atoms with Crippen molar-refractivity contribution in [1.82, 2.24) is 0 Å². The van der Waals surface area contributed by atoms with Crippen LogP contribution in [-0.2, 0) is 0 Å². The second-order valence-corrected chi connectivity index (χ2v) is 4.68. The van der Waals surface area contributed by atoms with Crippen molar-refractivity contribution in [1.29, 1.82) is 0 Å². The number of anilines is 1. The van der Waals surface area contributed by atoms with Crippen molar-refractivity contribution in [2.75, 3.05) is 11.5 Å². The van der Waals surface area contributed by atoms with Crippen molar-refractivity contribution in [3.8, 4) is 0 Å². The predicted octanol–water partition coefficient (Wildman–Crippen LogP) is 2.29. The number of benzene rings is 1. The van der Waals surface area contributed by atoms with Gasteiger partial charge in [0.2, 0.25) is 0 Å². The molecule has 1 rings (SSSR count). The minimum absolute atomic E-state index is 0.285. The van der Waals surface area contributed by atoms with Gasteiger partial charge in [-0.25, -0.2) is 0 Å². The van der Waals surface area contributed by atoms with Gasteiger partial charge in [-0.05, 0) is 24.3 Å². The Kier molecular flexibility index (Phi) is 5.21. The quantitative estimate of drug-likeness (QED) is 0.506. The highest BCUT2D eigenvalue weighted by atomic mass is 35.5. The number of aliphatic hydroxyl groups excluding tert-OH is 2. The summed E-state index contributed by atoms with van der Waals surface area (Å²) in [4.78, 5) is 0. The molecule has 0 saturated heterocycles. The molecule has 0 bridgehead atoms. The zero-order valence-electron chi connectivity index (χ0n) is 8.40. The Bertz CT molecular complexity index is 376. The number of aliphatic hydroxyl groups is 2. The van der Waals surface area contributed by atoms with Crippen LogP contribution in [0.25, 0.3) is 0 Å². The summed E-state index contributed by atoms with van der Waals surface area (Å²) in [5, 5.41) is 20.1. The molecule has 90 valence electrons. The molecule has 4 N–H and O–H groups in total. The molecule has 0 aliphatic heterocycles. The Morgan fingerprint density at radius 3 is 2.44 bits per heavy atom. The number of thiol groups is 1. The van der Waals surface area contributed by atoms with Crippen molar-refractivity contribution in [2.24, 2.45) is 0 Å². The van der Waals surface area contributed by atoms with Gasteiger partial charge in [0, 0.05) is 10.6 Å². The van der Waals surface area contributed by atoms with E-state index in [1.54, 1.807) is 0 Å². The fourth-order valence-electron chi connectivity index (χ4n) is 1.30. The molecule has 0 amide bonds. The summed E-state index contributed by atoms with van der Waals surface area (Å²) < 4.78 is 0. The smallest absolute Gasteiger partial charge is 0.106 e. The Labute approximate surface area is 110 Å². The van der Waals surface area contributed by atoms with E-state index < -0.39 is 12.2 Å². The van der Waals surface area contributed by atoms with Crippen LogP contribution >= 0.6 is 35.8 Å². The van der Waals surface area contributed by atoms with Gasteiger partial charge in [0.15, 0.2) is 0 Å². The van der Waals surface area contributed by atoms with Gasteiger partial charge in [0.05, 0.1) is 16.8 Å². The van der Waals surface area contributed by atoms with Crippen LogP contribution in [0.4, 0.5) is 5.69 Å². The van der Waals surface area contributed by atoms with Gasteiger partial charge in [-0.2, -0.15) is 12.6 Å². The highest BCUT2D eigenvalue weighted by Crippen LogP contribution is 2.32. The summed E-state index contributed by atoms with van der Waals surface area (Å²) in [6, 6.07) is 2.92. The van der Waals surface area contributed by atoms with Crippen molar-refractivity contribution < 1.29 is 10.2 Å². The fourth-order valence-corrected chi connectivity index (χ4v) is 2.02. The first-order valence-electron chi connectivity index (χ1n) is 4.68. The highest BCUT2D eigenvalue weighted by molar-refractivity contribution is 7.80. The summed E-state index contributed by atoms with van der Waals surface area (Å²) in [5.41, 5.74) is 6.26. The summed E-state index contributed by atoms with van der Waals surface area (Å²) in [7, 11) is 0. The molecule has 0 aliphatic carbocycles. The molecule has 1 aromatic carbocycles. The molecular formula is C10H13Cl2NO2S. The molecule has 0 heterocycles. The molecule has 16 heavy (non-hydrogen) atoms. The van der Waals surface area contributed by atoms with Crippen LogP contribution in [0.1, 0.15) is 18.1 Å². The van der Waals surface area contributed by atoms with E-state index in [4.69, 9.17) is 28.9 Å². The third-order valence-corrected chi connectivity index (χ3v) is 3.14. The highest BCUT2D eigenvalue weighted by Gasteiger charge is 2.21. The first kappa shape index (κ1) is 13.9. The van der Waals surface area contributed by atoms with Crippen LogP contribution < -0.4 is 5.73 Å². The van der Waals surface area contributed by atoms with Crippen LogP contribution in [-0.4, -0.2) is 22.1 Å². The van der Waals surface area contributed by atoms with Gasteiger partial charge in [-0.1, -0.05) is 23.2 Å². The van der Waals surface area contributed by atoms with Gasteiger partial charge in [0.1, 0.15) is 6.10 Å². The maximum absolute atomic E-state index is 9.85. The number of hydrogen-bond acceptors (Lipinski definition) is 4. The van der Waals surface area contributed by atoms with Crippen LogP contribution in [0.3, 0.4) is 0 Å². The van der Waals surface area contributed by atoms with Gasteiger partial charge in [-0.15, -0.1) is 0 Å². The van der Waals surface area contributed by atoms with E-state index in [9.17, 15) is 10.2 Å². The minimum atomic E-state index is -1.09. The molecule has 0 aromatic heterocycles. The zero-order valence-corrected chi connectivity index (χ0v) is 10.8. The average Bonchev–Trinajstić information content (AvgIpc) is 2.23. The van der Waals surface area contributed by atoms with Gasteiger partial charge in [0.25, 0.3) is 0 Å². The molecule has 3 nitrogen and oxygen atoms in total. The Morgan fingerprint density at radius 2 is 1.88 bits per heavy atom. The van der Waals surface area contributed by atoms with E-state index in [0.29, 0.717) is 28.4 Å². The summed E-state index contributed by atoms with van der Waals surface area (Å²) in [5.74, 6) is 0.471. The second-order valence-electron chi connectivity index (χ2n) is 3.42. The molecule has 0 aliphatic rings. The van der Waals surface area contributed by atoms with Gasteiger partial charge >= 0.3 is 0 Å². The SMILES string of the molecule is Nc1cc(Cl)c(C(O)C(O)CCS)cc1Cl. The topological polar surface area (TPSA) is 66.5 Å². The largest absolute Gasteiger partial charge is 0.397 e. The summed E-state index contributed by atoms with van der Waals surface area (Å²) in [6.07, 6.45) is -1.64. The van der Waals surface area contributed by atoms with Crippen LogP contribution in [0.15, 0.2) is 12.1 Å². The lowest BCUT2D eigenvalue weighted by molar-refractivity contribution is 0.0173. The first-order chi connectivity index (χ1) is 7.47. The molecule has 0 fully saturated rings. The van der Waals surface area contributed by atoms with Crippen molar-refractivity contribution in [3.63, 3.8) is 0 Å². The zero-order chi connectivity index (χ0) is 12.3. The number of rotatable bonds is 4. The maximum atomic E-state index is 9.85. The Hall–Kier alpha value is -0.130. The molecule has 6 heteroatoms. The average molecular weight is 282 g/mol. The fraction of sp³-hybridized carbons (Fsp3) is 0.400. The molecule has 0 radical (unpaired) electrons. The van der Waals surface area contributed by atoms with E-state index in [0.717, 1.165) is 0 Å². The van der Waals surface area contributed by atoms with Crippen LogP contribution in [0, 0.1) is 0 Å². The molecule has 2 atom stereocenters. The second kappa shape index (κ2) is 5.98. The Balaban J connectivity index is 2.99. The van der Waals surface area contributed by atoms with E-state index in [-0.39, 0.29) is 5.02 Å². The Morgan fingerprint density at radius 1 is 1.25 bits per heavy atom. The number of nitrogen functional groups attached to an aromatic ring is 1. The number of nitrogens with two attached hydrogens (primary N) is 1. The van der Waals surface area contributed by atoms with Crippen molar-refractivity contribution in [3.05, 3.63) is 27.7 Å². The standard InChI is InChI=1S/C10H13Cl2NO2S/c11-6-4-8(13)7(12)3-5(6)10(15)9(14)1-2-16/h3-4,9-10,14-16H,1-2,13H2. The predicted molar refractivity (Wildman–Crippen MR) is 70.3 cm³/mol. The normalized spacial score (nSPS) is 14.8. The van der Waals surface area contributed by atoms with Gasteiger partial charge < -0.3 is 15.9 Å². The number of hydrogen-bond donors (Lipinski definition) is 4. The summed E-state index contributed by atoms with van der Waals surface area (Å²) >= 11 is 15.7. The van der Waals surface area contributed by atoms with E-state index in [1.165, 1.54) is 12.1 Å². The van der Waals surface area contributed by atoms with E-state index in [1.807, 2.05) is 0 Å². The van der Waals surface area contributed by atoms with Crippen LogP contribution in [0.2, 0.25) is 10.0 Å². The van der Waals surface area contributed by atoms with Crippen LogP contribution in [0.5, 0.6) is 0 Å². The lowest BCUT2D eigenvalue weighted by atomic mass is 10.0. The minimum Gasteiger partial charge on any atom is -0.397 e. The van der Waals surface area contributed by atoms with E-state index >= 15 is 0 Å². The monoisotopic (exact) mass is 281 g/mol. The van der Waals surface area contributed by atoms with Gasteiger partial charge in [-0.3, -0.25) is 0 Å². The molecular weight excluding hydrogens is 269 g/mol. The van der Waals surface area contributed by atoms with Crippen molar-refractivity contribution >= 4 is 41.5 Å². The van der Waals surface area contributed by atoms with E-state index in [2.05, 4.69) is 12.6 Å². The molecule has 0 saturated carbocycles. The first-order valence-corrected chi connectivity index (χ1v) is 6.07. The lowest BCUT2D eigenvalue weighted by Gasteiger charge is -2.19. The number of halogens is 2. The molecule has 1 aromatic rings. The third-order valence-electron chi connectivity index (χ3n) is 2.22. The lowest BCUT2D eigenvalue weighted by Crippen LogP contribution is -2.19. The molecule has 2 unspecified atom stereocenters. The summed E-state index contributed by atoms with van der Waals surface area (Å²) in [6.45, 7) is 0. The third kappa shape index (κ3) is 3.18.